The molecule has 1 aliphatic heterocycles. The molecule has 0 unspecified atom stereocenters. The van der Waals surface area contributed by atoms with Crippen LogP contribution in [-0.4, -0.2) is 42.1 Å². The van der Waals surface area contributed by atoms with Crippen molar-refractivity contribution in [3.05, 3.63) is 35.3 Å². The van der Waals surface area contributed by atoms with Crippen LogP contribution >= 0.6 is 11.3 Å². The Morgan fingerprint density at radius 3 is 2.95 bits per heavy atom. The van der Waals surface area contributed by atoms with Gasteiger partial charge in [0.15, 0.2) is 0 Å². The number of thiophene rings is 1. The van der Waals surface area contributed by atoms with Gasteiger partial charge in [0, 0.05) is 23.7 Å². The Morgan fingerprint density at radius 2 is 2.27 bits per heavy atom. The van der Waals surface area contributed by atoms with Gasteiger partial charge in [0.25, 0.3) is 10.0 Å². The lowest BCUT2D eigenvalue weighted by Crippen LogP contribution is -2.30. The van der Waals surface area contributed by atoms with Crippen LogP contribution in [0, 0.1) is 0 Å². The van der Waals surface area contributed by atoms with Crippen LogP contribution in [0.1, 0.15) is 18.2 Å². The van der Waals surface area contributed by atoms with Crippen molar-refractivity contribution in [1.82, 2.24) is 14.5 Å². The maximum atomic E-state index is 12.6. The highest BCUT2D eigenvalue weighted by Crippen LogP contribution is 2.28. The fourth-order valence-electron chi connectivity index (χ4n) is 2.35. The standard InChI is InChI=1S/C14H17N3O3S2/c1-2-12-5-6-14(21-12)22(18,19)17-9-7-11(10-17)20-13-4-3-8-15-16-13/h3-6,8,11H,2,7,9-10H2,1H3/t11-/m0/s1. The summed E-state index contributed by atoms with van der Waals surface area (Å²) in [6.07, 6.45) is 2.89. The van der Waals surface area contributed by atoms with E-state index in [1.54, 1.807) is 24.4 Å². The van der Waals surface area contributed by atoms with Crippen LogP contribution in [-0.2, 0) is 16.4 Å². The molecule has 0 radical (unpaired) electrons. The number of hydrogen-bond acceptors (Lipinski definition) is 6. The van der Waals surface area contributed by atoms with Crippen LogP contribution < -0.4 is 4.74 Å². The Bertz CT molecular complexity index is 731. The van der Waals surface area contributed by atoms with Crippen LogP contribution in [0.3, 0.4) is 0 Å². The molecule has 0 saturated carbocycles. The molecule has 22 heavy (non-hydrogen) atoms. The summed E-state index contributed by atoms with van der Waals surface area (Å²) in [5.41, 5.74) is 0. The van der Waals surface area contributed by atoms with Crippen molar-refractivity contribution in [2.24, 2.45) is 0 Å². The fourth-order valence-corrected chi connectivity index (χ4v) is 5.28. The SMILES string of the molecule is CCc1ccc(S(=O)(=O)N2CC[C@H](Oc3cccnn3)C2)s1. The quantitative estimate of drug-likeness (QED) is 0.832. The third kappa shape index (κ3) is 3.13. The second kappa shape index (κ2) is 6.31. The molecular formula is C14H17N3O3S2. The van der Waals surface area contributed by atoms with Crippen molar-refractivity contribution in [3.8, 4) is 5.88 Å². The van der Waals surface area contributed by atoms with Gasteiger partial charge in [-0.2, -0.15) is 9.40 Å². The molecule has 2 aromatic rings. The molecule has 0 aromatic carbocycles. The van der Waals surface area contributed by atoms with E-state index in [4.69, 9.17) is 4.74 Å². The van der Waals surface area contributed by atoms with E-state index in [1.165, 1.54) is 15.6 Å². The molecule has 1 atom stereocenters. The Morgan fingerprint density at radius 1 is 1.41 bits per heavy atom. The van der Waals surface area contributed by atoms with E-state index in [1.807, 2.05) is 13.0 Å². The second-order valence-corrected chi connectivity index (χ2v) is 8.36. The first-order valence-electron chi connectivity index (χ1n) is 7.13. The van der Waals surface area contributed by atoms with Gasteiger partial charge in [-0.1, -0.05) is 6.92 Å². The number of aryl methyl sites for hydroxylation is 1. The van der Waals surface area contributed by atoms with Gasteiger partial charge in [0.2, 0.25) is 5.88 Å². The van der Waals surface area contributed by atoms with Crippen LogP contribution in [0.2, 0.25) is 0 Å². The van der Waals surface area contributed by atoms with E-state index in [2.05, 4.69) is 10.2 Å². The summed E-state index contributed by atoms with van der Waals surface area (Å²) >= 11 is 1.34. The first kappa shape index (κ1) is 15.4. The summed E-state index contributed by atoms with van der Waals surface area (Å²) in [5.74, 6) is 0.427. The van der Waals surface area contributed by atoms with Crippen molar-refractivity contribution < 1.29 is 13.2 Å². The molecule has 0 spiro atoms. The number of nitrogens with zero attached hydrogens (tertiary/aromatic N) is 3. The number of hydrogen-bond donors (Lipinski definition) is 0. The van der Waals surface area contributed by atoms with E-state index < -0.39 is 10.0 Å². The average Bonchev–Trinajstić information content (AvgIpc) is 3.17. The number of ether oxygens (including phenoxy) is 1. The lowest BCUT2D eigenvalue weighted by molar-refractivity contribution is 0.204. The molecule has 6 nitrogen and oxygen atoms in total. The van der Waals surface area contributed by atoms with E-state index in [-0.39, 0.29) is 6.10 Å². The zero-order chi connectivity index (χ0) is 15.6. The van der Waals surface area contributed by atoms with Gasteiger partial charge in [-0.05, 0) is 31.0 Å². The van der Waals surface area contributed by atoms with Crippen molar-refractivity contribution in [1.29, 1.82) is 0 Å². The predicted octanol–water partition coefficient (Wildman–Crippen LogP) is 1.94. The first-order valence-corrected chi connectivity index (χ1v) is 9.38. The summed E-state index contributed by atoms with van der Waals surface area (Å²) in [4.78, 5) is 1.07. The highest BCUT2D eigenvalue weighted by molar-refractivity contribution is 7.91. The minimum Gasteiger partial charge on any atom is -0.472 e. The third-order valence-electron chi connectivity index (χ3n) is 3.52. The van der Waals surface area contributed by atoms with E-state index in [0.717, 1.165) is 11.3 Å². The minimum atomic E-state index is -3.42. The van der Waals surface area contributed by atoms with Gasteiger partial charge in [-0.25, -0.2) is 8.42 Å². The van der Waals surface area contributed by atoms with Gasteiger partial charge < -0.3 is 4.74 Å². The Balaban J connectivity index is 1.69. The molecule has 8 heteroatoms. The topological polar surface area (TPSA) is 72.4 Å². The molecule has 1 aliphatic rings. The molecule has 3 heterocycles. The number of rotatable bonds is 5. The van der Waals surface area contributed by atoms with Crippen molar-refractivity contribution >= 4 is 21.4 Å². The summed E-state index contributed by atoms with van der Waals surface area (Å²) in [7, 11) is -3.42. The molecule has 0 amide bonds. The van der Waals surface area contributed by atoms with Gasteiger partial charge in [-0.15, -0.1) is 16.4 Å². The maximum Gasteiger partial charge on any atom is 0.252 e. The van der Waals surface area contributed by atoms with Crippen LogP contribution in [0.5, 0.6) is 5.88 Å². The Labute approximate surface area is 133 Å². The van der Waals surface area contributed by atoms with Gasteiger partial charge in [0.05, 0.1) is 6.54 Å². The normalized spacial score (nSPS) is 19.4. The zero-order valence-electron chi connectivity index (χ0n) is 12.2. The van der Waals surface area contributed by atoms with Crippen LogP contribution in [0.4, 0.5) is 0 Å². The summed E-state index contributed by atoms with van der Waals surface area (Å²) < 4.78 is 32.8. The molecule has 0 bridgehead atoms. The van der Waals surface area contributed by atoms with Gasteiger partial charge in [-0.3, -0.25) is 0 Å². The number of sulfonamides is 1. The van der Waals surface area contributed by atoms with Gasteiger partial charge in [0.1, 0.15) is 10.3 Å². The molecular weight excluding hydrogens is 322 g/mol. The average molecular weight is 339 g/mol. The molecule has 0 aliphatic carbocycles. The maximum absolute atomic E-state index is 12.6. The minimum absolute atomic E-state index is 0.183. The fraction of sp³-hybridized carbons (Fsp3) is 0.429. The van der Waals surface area contributed by atoms with E-state index in [9.17, 15) is 8.42 Å². The number of aromatic nitrogens is 2. The van der Waals surface area contributed by atoms with Crippen LogP contribution in [0.15, 0.2) is 34.7 Å². The van der Waals surface area contributed by atoms with E-state index >= 15 is 0 Å². The zero-order valence-corrected chi connectivity index (χ0v) is 13.8. The summed E-state index contributed by atoms with van der Waals surface area (Å²) in [6.45, 7) is 2.83. The van der Waals surface area contributed by atoms with Crippen LogP contribution in [0.25, 0.3) is 0 Å². The van der Waals surface area contributed by atoms with Crippen molar-refractivity contribution in [3.63, 3.8) is 0 Å². The second-order valence-electron chi connectivity index (χ2n) is 5.03. The largest absolute Gasteiger partial charge is 0.472 e. The Kier molecular flexibility index (Phi) is 4.42. The lowest BCUT2D eigenvalue weighted by atomic mass is 10.3. The Hall–Kier alpha value is -1.51. The molecule has 2 aromatic heterocycles. The first-order chi connectivity index (χ1) is 10.6. The van der Waals surface area contributed by atoms with Crippen molar-refractivity contribution in [2.75, 3.05) is 13.1 Å². The molecule has 118 valence electrons. The lowest BCUT2D eigenvalue weighted by Gasteiger charge is -2.15. The molecule has 1 saturated heterocycles. The smallest absolute Gasteiger partial charge is 0.252 e. The van der Waals surface area contributed by atoms with Crippen molar-refractivity contribution in [2.45, 2.75) is 30.1 Å². The van der Waals surface area contributed by atoms with Gasteiger partial charge >= 0.3 is 0 Å². The monoisotopic (exact) mass is 339 g/mol. The molecule has 0 N–H and O–H groups in total. The molecule has 3 rings (SSSR count). The highest BCUT2D eigenvalue weighted by Gasteiger charge is 2.34. The summed E-state index contributed by atoms with van der Waals surface area (Å²) in [6, 6.07) is 7.03. The third-order valence-corrected chi connectivity index (χ3v) is 7.08. The summed E-state index contributed by atoms with van der Waals surface area (Å²) in [5, 5.41) is 7.61. The highest BCUT2D eigenvalue weighted by atomic mass is 32.2. The predicted molar refractivity (Wildman–Crippen MR) is 83.5 cm³/mol. The van der Waals surface area contributed by atoms with E-state index in [0.29, 0.717) is 29.6 Å². The molecule has 1 fully saturated rings.